The SMILES string of the molecule is CCCCCCOC1(CNC(C)C)CCCCC1. The minimum Gasteiger partial charge on any atom is -0.374 e. The molecule has 1 aliphatic rings. The third-order valence-electron chi connectivity index (χ3n) is 4.00. The summed E-state index contributed by atoms with van der Waals surface area (Å²) in [7, 11) is 0. The summed E-state index contributed by atoms with van der Waals surface area (Å²) in [6.45, 7) is 8.70. The topological polar surface area (TPSA) is 21.3 Å². The summed E-state index contributed by atoms with van der Waals surface area (Å²) in [6.07, 6.45) is 11.8. The van der Waals surface area contributed by atoms with Crippen molar-refractivity contribution in [2.45, 2.75) is 90.2 Å². The summed E-state index contributed by atoms with van der Waals surface area (Å²) in [5.41, 5.74) is 0.148. The minimum atomic E-state index is 0.148. The van der Waals surface area contributed by atoms with Crippen molar-refractivity contribution >= 4 is 0 Å². The highest BCUT2D eigenvalue weighted by Gasteiger charge is 2.32. The monoisotopic (exact) mass is 255 g/mol. The second kappa shape index (κ2) is 8.92. The summed E-state index contributed by atoms with van der Waals surface area (Å²) in [4.78, 5) is 0. The van der Waals surface area contributed by atoms with Gasteiger partial charge in [-0.3, -0.25) is 0 Å². The van der Waals surface area contributed by atoms with Crippen molar-refractivity contribution in [1.29, 1.82) is 0 Å². The molecule has 0 spiro atoms. The smallest absolute Gasteiger partial charge is 0.0806 e. The molecule has 1 fully saturated rings. The molecule has 0 atom stereocenters. The summed E-state index contributed by atoms with van der Waals surface area (Å²) >= 11 is 0. The largest absolute Gasteiger partial charge is 0.374 e. The molecule has 1 saturated carbocycles. The number of hydrogen-bond acceptors (Lipinski definition) is 2. The molecule has 0 radical (unpaired) electrons. The molecule has 2 nitrogen and oxygen atoms in total. The average molecular weight is 255 g/mol. The lowest BCUT2D eigenvalue weighted by molar-refractivity contribution is -0.0705. The minimum absolute atomic E-state index is 0.148. The summed E-state index contributed by atoms with van der Waals surface area (Å²) < 4.78 is 6.31. The number of hydrogen-bond donors (Lipinski definition) is 1. The molecule has 108 valence electrons. The van der Waals surface area contributed by atoms with E-state index in [0.29, 0.717) is 6.04 Å². The zero-order valence-corrected chi connectivity index (χ0v) is 12.8. The molecular formula is C16H33NO. The lowest BCUT2D eigenvalue weighted by Crippen LogP contribution is -2.46. The van der Waals surface area contributed by atoms with Gasteiger partial charge in [0.15, 0.2) is 0 Å². The van der Waals surface area contributed by atoms with Crippen LogP contribution in [-0.4, -0.2) is 24.8 Å². The molecule has 1 rings (SSSR count). The summed E-state index contributed by atoms with van der Waals surface area (Å²) in [5.74, 6) is 0. The highest BCUT2D eigenvalue weighted by molar-refractivity contribution is 4.87. The van der Waals surface area contributed by atoms with E-state index in [-0.39, 0.29) is 5.60 Å². The van der Waals surface area contributed by atoms with Crippen LogP contribution in [0, 0.1) is 0 Å². The van der Waals surface area contributed by atoms with Crippen LogP contribution in [0.4, 0.5) is 0 Å². The van der Waals surface area contributed by atoms with Gasteiger partial charge >= 0.3 is 0 Å². The lowest BCUT2D eigenvalue weighted by atomic mass is 9.84. The molecule has 2 heteroatoms. The van der Waals surface area contributed by atoms with E-state index >= 15 is 0 Å². The number of nitrogens with one attached hydrogen (secondary N) is 1. The Hall–Kier alpha value is -0.0800. The van der Waals surface area contributed by atoms with Crippen molar-refractivity contribution in [2.24, 2.45) is 0 Å². The van der Waals surface area contributed by atoms with E-state index in [9.17, 15) is 0 Å². The van der Waals surface area contributed by atoms with Gasteiger partial charge in [0.05, 0.1) is 5.60 Å². The lowest BCUT2D eigenvalue weighted by Gasteiger charge is -2.38. The first-order valence-electron chi connectivity index (χ1n) is 8.06. The van der Waals surface area contributed by atoms with E-state index in [4.69, 9.17) is 4.74 Å². The van der Waals surface area contributed by atoms with Gasteiger partial charge in [0.2, 0.25) is 0 Å². The van der Waals surface area contributed by atoms with E-state index in [2.05, 4.69) is 26.1 Å². The number of unbranched alkanes of at least 4 members (excludes halogenated alkanes) is 3. The van der Waals surface area contributed by atoms with Gasteiger partial charge in [-0.05, 0) is 19.3 Å². The fraction of sp³-hybridized carbons (Fsp3) is 1.00. The fourth-order valence-electron chi connectivity index (χ4n) is 2.78. The van der Waals surface area contributed by atoms with E-state index in [1.165, 1.54) is 57.8 Å². The molecule has 0 heterocycles. The first-order chi connectivity index (χ1) is 8.68. The zero-order chi connectivity index (χ0) is 13.3. The maximum absolute atomic E-state index is 6.31. The molecule has 0 aromatic carbocycles. The molecule has 1 aliphatic carbocycles. The predicted octanol–water partition coefficient (Wildman–Crippen LogP) is 4.28. The predicted molar refractivity (Wildman–Crippen MR) is 79.0 cm³/mol. The zero-order valence-electron chi connectivity index (χ0n) is 12.8. The van der Waals surface area contributed by atoms with E-state index < -0.39 is 0 Å². The van der Waals surface area contributed by atoms with Crippen LogP contribution in [0.15, 0.2) is 0 Å². The molecule has 0 amide bonds. The highest BCUT2D eigenvalue weighted by Crippen LogP contribution is 2.31. The molecule has 0 saturated heterocycles. The van der Waals surface area contributed by atoms with Crippen LogP contribution in [0.5, 0.6) is 0 Å². The number of ether oxygens (including phenoxy) is 1. The fourth-order valence-corrected chi connectivity index (χ4v) is 2.78. The van der Waals surface area contributed by atoms with Crippen molar-refractivity contribution in [3.8, 4) is 0 Å². The number of rotatable bonds is 9. The average Bonchev–Trinajstić information content (AvgIpc) is 2.38. The van der Waals surface area contributed by atoms with Gasteiger partial charge in [0.25, 0.3) is 0 Å². The first-order valence-corrected chi connectivity index (χ1v) is 8.06. The van der Waals surface area contributed by atoms with Gasteiger partial charge in [0, 0.05) is 19.2 Å². The third-order valence-corrected chi connectivity index (χ3v) is 4.00. The highest BCUT2D eigenvalue weighted by atomic mass is 16.5. The maximum Gasteiger partial charge on any atom is 0.0806 e. The second-order valence-corrected chi connectivity index (χ2v) is 6.19. The van der Waals surface area contributed by atoms with Crippen molar-refractivity contribution in [3.05, 3.63) is 0 Å². The quantitative estimate of drug-likeness (QED) is 0.621. The molecule has 0 aromatic heterocycles. The van der Waals surface area contributed by atoms with Gasteiger partial charge in [-0.2, -0.15) is 0 Å². The van der Waals surface area contributed by atoms with Crippen LogP contribution in [-0.2, 0) is 4.74 Å². The normalized spacial score (nSPS) is 19.3. The van der Waals surface area contributed by atoms with Crippen molar-refractivity contribution < 1.29 is 4.74 Å². The van der Waals surface area contributed by atoms with E-state index in [1.807, 2.05) is 0 Å². The van der Waals surface area contributed by atoms with Crippen LogP contribution in [0.3, 0.4) is 0 Å². The van der Waals surface area contributed by atoms with Crippen LogP contribution in [0.25, 0.3) is 0 Å². The summed E-state index contributed by atoms with van der Waals surface area (Å²) in [6, 6.07) is 0.562. The molecular weight excluding hydrogens is 222 g/mol. The Morgan fingerprint density at radius 1 is 1.06 bits per heavy atom. The Balaban J connectivity index is 2.29. The Labute approximate surface area is 114 Å². The van der Waals surface area contributed by atoms with Crippen LogP contribution in [0.1, 0.15) is 78.6 Å². The van der Waals surface area contributed by atoms with Crippen LogP contribution >= 0.6 is 0 Å². The molecule has 0 aromatic rings. The second-order valence-electron chi connectivity index (χ2n) is 6.19. The standard InChI is InChI=1S/C16H33NO/c1-4-5-6-10-13-18-16(14-17-15(2)3)11-8-7-9-12-16/h15,17H,4-14H2,1-3H3. The maximum atomic E-state index is 6.31. The Kier molecular flexibility index (Phi) is 7.92. The summed E-state index contributed by atoms with van der Waals surface area (Å²) in [5, 5.41) is 3.58. The van der Waals surface area contributed by atoms with Crippen LogP contribution < -0.4 is 5.32 Å². The molecule has 0 bridgehead atoms. The molecule has 0 aliphatic heterocycles. The van der Waals surface area contributed by atoms with Gasteiger partial charge in [-0.1, -0.05) is 59.3 Å². The van der Waals surface area contributed by atoms with Gasteiger partial charge in [-0.15, -0.1) is 0 Å². The Bertz CT molecular complexity index is 197. The van der Waals surface area contributed by atoms with E-state index in [0.717, 1.165) is 13.2 Å². The van der Waals surface area contributed by atoms with Crippen molar-refractivity contribution in [2.75, 3.05) is 13.2 Å². The first kappa shape index (κ1) is 16.0. The van der Waals surface area contributed by atoms with Crippen molar-refractivity contribution in [1.82, 2.24) is 5.32 Å². The van der Waals surface area contributed by atoms with Gasteiger partial charge in [-0.25, -0.2) is 0 Å². The van der Waals surface area contributed by atoms with E-state index in [1.54, 1.807) is 0 Å². The third kappa shape index (κ3) is 6.19. The molecule has 0 unspecified atom stereocenters. The van der Waals surface area contributed by atoms with Crippen molar-refractivity contribution in [3.63, 3.8) is 0 Å². The molecule has 18 heavy (non-hydrogen) atoms. The Morgan fingerprint density at radius 3 is 2.39 bits per heavy atom. The van der Waals surface area contributed by atoms with Gasteiger partial charge < -0.3 is 10.1 Å². The Morgan fingerprint density at radius 2 is 1.78 bits per heavy atom. The molecule has 1 N–H and O–H groups in total. The van der Waals surface area contributed by atoms with Crippen LogP contribution in [0.2, 0.25) is 0 Å². The van der Waals surface area contributed by atoms with Gasteiger partial charge in [0.1, 0.15) is 0 Å².